The highest BCUT2D eigenvalue weighted by molar-refractivity contribution is 7.90. The number of ether oxygens (including phenoxy) is 1. The maximum Gasteiger partial charge on any atom is 0.511 e. The predicted molar refractivity (Wildman–Crippen MR) is 101 cm³/mol. The lowest BCUT2D eigenvalue weighted by atomic mass is 9.98. The number of carbonyl (C=O) groups is 1. The normalized spacial score (nSPS) is 20.7. The van der Waals surface area contributed by atoms with Gasteiger partial charge in [-0.05, 0) is 25.7 Å². The van der Waals surface area contributed by atoms with E-state index in [2.05, 4.69) is 10.3 Å². The zero-order valence-electron chi connectivity index (χ0n) is 16.6. The minimum Gasteiger partial charge on any atom is -0.450 e. The van der Waals surface area contributed by atoms with Crippen LogP contribution in [0.1, 0.15) is 19.8 Å². The van der Waals surface area contributed by atoms with Crippen LogP contribution >= 0.6 is 0 Å². The molecular weight excluding hydrogens is 415 g/mol. The van der Waals surface area contributed by atoms with Crippen LogP contribution in [0.4, 0.5) is 18.0 Å². The van der Waals surface area contributed by atoms with Gasteiger partial charge in [-0.15, -0.1) is 0 Å². The lowest BCUT2D eigenvalue weighted by Crippen LogP contribution is -2.54. The number of carbonyl (C=O) groups excluding carboxylic acids is 1. The minimum atomic E-state index is -5.26. The zero-order valence-corrected chi connectivity index (χ0v) is 17.4. The van der Waals surface area contributed by atoms with E-state index in [1.807, 2.05) is 4.90 Å². The summed E-state index contributed by atoms with van der Waals surface area (Å²) in [5.41, 5.74) is -5.26. The summed E-state index contributed by atoms with van der Waals surface area (Å²) in [5, 5.41) is 3.21. The van der Waals surface area contributed by atoms with Gasteiger partial charge in [-0.2, -0.15) is 17.5 Å². The molecule has 29 heavy (non-hydrogen) atoms. The van der Waals surface area contributed by atoms with E-state index in [0.29, 0.717) is 62.4 Å². The van der Waals surface area contributed by atoms with Gasteiger partial charge in [0.25, 0.3) is 0 Å². The van der Waals surface area contributed by atoms with E-state index in [0.717, 1.165) is 0 Å². The number of amides is 1. The fraction of sp³-hybridized carbons (Fsp3) is 0.875. The van der Waals surface area contributed by atoms with Crippen LogP contribution in [0.5, 0.6) is 0 Å². The molecule has 0 aromatic carbocycles. The molecule has 1 N–H and O–H groups in total. The molecule has 0 aromatic heterocycles. The summed E-state index contributed by atoms with van der Waals surface area (Å²) in [5.74, 6) is 0.700. The van der Waals surface area contributed by atoms with Crippen LogP contribution in [0.15, 0.2) is 4.99 Å². The monoisotopic (exact) mass is 443 g/mol. The first-order valence-corrected chi connectivity index (χ1v) is 11.0. The third kappa shape index (κ3) is 5.87. The van der Waals surface area contributed by atoms with Crippen molar-refractivity contribution in [3.8, 4) is 0 Å². The van der Waals surface area contributed by atoms with E-state index in [4.69, 9.17) is 4.74 Å². The molecule has 2 saturated heterocycles. The maximum absolute atomic E-state index is 12.6. The average Bonchev–Trinajstić information content (AvgIpc) is 2.68. The van der Waals surface area contributed by atoms with Crippen molar-refractivity contribution in [2.75, 3.05) is 59.5 Å². The van der Waals surface area contributed by atoms with Gasteiger partial charge in [-0.25, -0.2) is 13.2 Å². The van der Waals surface area contributed by atoms with Crippen LogP contribution in [-0.2, 0) is 14.8 Å². The Morgan fingerprint density at radius 1 is 1.10 bits per heavy atom. The van der Waals surface area contributed by atoms with Gasteiger partial charge in [-0.3, -0.25) is 4.99 Å². The molecule has 168 valence electrons. The van der Waals surface area contributed by atoms with Crippen molar-refractivity contribution in [1.29, 1.82) is 0 Å². The number of halogens is 3. The Kier molecular flexibility index (Phi) is 7.97. The topological polar surface area (TPSA) is 94.6 Å². The molecule has 9 nitrogen and oxygen atoms in total. The third-order valence-corrected chi connectivity index (χ3v) is 6.70. The summed E-state index contributed by atoms with van der Waals surface area (Å²) in [4.78, 5) is 19.6. The van der Waals surface area contributed by atoms with E-state index < -0.39 is 15.5 Å². The Morgan fingerprint density at radius 3 is 2.14 bits per heavy atom. The van der Waals surface area contributed by atoms with Crippen molar-refractivity contribution in [1.82, 2.24) is 19.4 Å². The van der Waals surface area contributed by atoms with Crippen LogP contribution in [0.25, 0.3) is 0 Å². The highest BCUT2D eigenvalue weighted by Gasteiger charge is 2.50. The Hall–Kier alpha value is -1.76. The second kappa shape index (κ2) is 9.83. The molecule has 0 aromatic rings. The molecule has 0 saturated carbocycles. The molecule has 2 heterocycles. The first kappa shape index (κ1) is 23.5. The van der Waals surface area contributed by atoms with Gasteiger partial charge < -0.3 is 19.9 Å². The highest BCUT2D eigenvalue weighted by Crippen LogP contribution is 2.30. The summed E-state index contributed by atoms with van der Waals surface area (Å²) in [6, 6.07) is 0. The zero-order chi connectivity index (χ0) is 21.7. The molecule has 2 aliphatic heterocycles. The number of rotatable bonds is 4. The molecule has 0 bridgehead atoms. The van der Waals surface area contributed by atoms with E-state index in [1.54, 1.807) is 18.9 Å². The van der Waals surface area contributed by atoms with Crippen molar-refractivity contribution in [3.63, 3.8) is 0 Å². The standard InChI is InChI=1S/C16H28F3N5O4S/c1-3-28-15(25)23-10-8-22(9-11-23)14(20-2)21-12-13-4-6-24(7-5-13)29(26,27)16(17,18)19/h13H,3-12H2,1-2H3,(H,20,21). The molecule has 0 radical (unpaired) electrons. The molecule has 0 spiro atoms. The number of nitrogens with zero attached hydrogens (tertiary/aromatic N) is 4. The van der Waals surface area contributed by atoms with Crippen LogP contribution < -0.4 is 5.32 Å². The van der Waals surface area contributed by atoms with Crippen molar-refractivity contribution in [2.24, 2.45) is 10.9 Å². The van der Waals surface area contributed by atoms with E-state index in [-0.39, 0.29) is 25.1 Å². The number of hydrogen-bond acceptors (Lipinski definition) is 5. The van der Waals surface area contributed by atoms with Gasteiger partial charge in [0.15, 0.2) is 5.96 Å². The Morgan fingerprint density at radius 2 is 1.66 bits per heavy atom. The number of alkyl halides is 3. The number of guanidine groups is 1. The molecule has 1 amide bonds. The SMILES string of the molecule is CCOC(=O)N1CCN(C(=NC)NCC2CCN(S(=O)(=O)C(F)(F)F)CC2)CC1. The van der Waals surface area contributed by atoms with Crippen molar-refractivity contribution in [3.05, 3.63) is 0 Å². The first-order chi connectivity index (χ1) is 13.6. The fourth-order valence-electron chi connectivity index (χ4n) is 3.38. The summed E-state index contributed by atoms with van der Waals surface area (Å²) in [6.07, 6.45) is 0.349. The van der Waals surface area contributed by atoms with Gasteiger partial charge >= 0.3 is 21.6 Å². The lowest BCUT2D eigenvalue weighted by molar-refractivity contribution is -0.0496. The Bertz CT molecular complexity index is 685. The van der Waals surface area contributed by atoms with Crippen molar-refractivity contribution < 1.29 is 31.1 Å². The van der Waals surface area contributed by atoms with E-state index in [1.165, 1.54) is 0 Å². The van der Waals surface area contributed by atoms with Crippen LogP contribution in [0, 0.1) is 5.92 Å². The number of sulfonamides is 1. The predicted octanol–water partition coefficient (Wildman–Crippen LogP) is 0.898. The summed E-state index contributed by atoms with van der Waals surface area (Å²) in [6.45, 7) is 4.46. The van der Waals surface area contributed by atoms with Gasteiger partial charge in [0.1, 0.15) is 0 Å². The minimum absolute atomic E-state index is 0.0484. The second-order valence-corrected chi connectivity index (χ2v) is 8.82. The largest absolute Gasteiger partial charge is 0.511 e. The summed E-state index contributed by atoms with van der Waals surface area (Å²) >= 11 is 0. The van der Waals surface area contributed by atoms with Crippen molar-refractivity contribution in [2.45, 2.75) is 25.3 Å². The fourth-order valence-corrected chi connectivity index (χ4v) is 4.37. The molecular formula is C16H28F3N5O4S. The van der Waals surface area contributed by atoms with Gasteiger partial charge in [0.2, 0.25) is 0 Å². The molecule has 2 rings (SSSR count). The molecule has 2 aliphatic rings. The van der Waals surface area contributed by atoms with Crippen LogP contribution in [-0.4, -0.2) is 99.6 Å². The summed E-state index contributed by atoms with van der Waals surface area (Å²) < 4.78 is 66.4. The van der Waals surface area contributed by atoms with Gasteiger partial charge in [0, 0.05) is 52.9 Å². The molecule has 2 fully saturated rings. The van der Waals surface area contributed by atoms with E-state index >= 15 is 0 Å². The lowest BCUT2D eigenvalue weighted by Gasteiger charge is -2.37. The van der Waals surface area contributed by atoms with Crippen LogP contribution in [0.2, 0.25) is 0 Å². The Labute approximate surface area is 168 Å². The maximum atomic E-state index is 12.6. The summed E-state index contributed by atoms with van der Waals surface area (Å²) in [7, 11) is -3.62. The smallest absolute Gasteiger partial charge is 0.450 e. The number of nitrogens with one attached hydrogen (secondary N) is 1. The molecule has 0 aliphatic carbocycles. The highest BCUT2D eigenvalue weighted by atomic mass is 32.2. The number of hydrogen-bond donors (Lipinski definition) is 1. The van der Waals surface area contributed by atoms with Gasteiger partial charge in [0.05, 0.1) is 6.61 Å². The first-order valence-electron chi connectivity index (χ1n) is 9.53. The van der Waals surface area contributed by atoms with Crippen molar-refractivity contribution >= 4 is 22.1 Å². The molecule has 13 heteroatoms. The molecule has 0 atom stereocenters. The number of piperazine rings is 1. The quantitative estimate of drug-likeness (QED) is 0.513. The average molecular weight is 443 g/mol. The second-order valence-electron chi connectivity index (χ2n) is 6.89. The molecule has 0 unspecified atom stereocenters. The Balaban J connectivity index is 1.78. The third-order valence-electron chi connectivity index (χ3n) is 5.07. The number of piperidine rings is 1. The van der Waals surface area contributed by atoms with Crippen LogP contribution in [0.3, 0.4) is 0 Å². The number of aliphatic imine (C=N–C) groups is 1. The van der Waals surface area contributed by atoms with E-state index in [9.17, 15) is 26.4 Å². The van der Waals surface area contributed by atoms with Gasteiger partial charge in [-0.1, -0.05) is 0 Å².